The molecule has 5 rings (SSSR count). The van der Waals surface area contributed by atoms with Gasteiger partial charge in [0.1, 0.15) is 0 Å². The van der Waals surface area contributed by atoms with Gasteiger partial charge in [0.2, 0.25) is 0 Å². The molecule has 0 spiro atoms. The number of hydrogen-bond acceptors (Lipinski definition) is 5. The zero-order chi connectivity index (χ0) is 26.7. The van der Waals surface area contributed by atoms with Gasteiger partial charge in [-0.3, -0.25) is 0 Å². The Hall–Kier alpha value is -2.80. The summed E-state index contributed by atoms with van der Waals surface area (Å²) in [5.41, 5.74) is 10.2. The van der Waals surface area contributed by atoms with Gasteiger partial charge in [0.15, 0.2) is 0 Å². The Morgan fingerprint density at radius 3 is 1.59 bits per heavy atom. The predicted octanol–water partition coefficient (Wildman–Crippen LogP) is 4.46. The summed E-state index contributed by atoms with van der Waals surface area (Å²) in [5.74, 6) is 0. The molecule has 4 aromatic carbocycles. The van der Waals surface area contributed by atoms with Crippen molar-refractivity contribution in [3.63, 3.8) is 0 Å². The molecule has 1 heterocycles. The van der Waals surface area contributed by atoms with Crippen molar-refractivity contribution in [2.45, 2.75) is 49.2 Å². The monoisotopic (exact) mass is 589 g/mol. The molecular weight excluding hydrogens is 553 g/mol. The van der Waals surface area contributed by atoms with Crippen LogP contribution in [-0.4, -0.2) is 50.9 Å². The summed E-state index contributed by atoms with van der Waals surface area (Å²) in [5, 5.41) is -0.178. The van der Waals surface area contributed by atoms with Gasteiger partial charge in [-0.25, -0.2) is 0 Å². The molecule has 1 fully saturated rings. The molecule has 0 unspecified atom stereocenters. The third-order valence-electron chi connectivity index (χ3n) is 6.65. The zero-order valence-corrected chi connectivity index (χ0v) is 23.6. The van der Waals surface area contributed by atoms with Crippen LogP contribution in [0.5, 0.6) is 0 Å². The molecule has 4 aromatic rings. The molecule has 1 aliphatic heterocycles. The Morgan fingerprint density at radius 1 is 0.590 bits per heavy atom. The van der Waals surface area contributed by atoms with Crippen molar-refractivity contribution in [1.82, 2.24) is 0 Å². The van der Waals surface area contributed by atoms with E-state index in [9.17, 15) is 0 Å². The molecule has 0 aromatic heterocycles. The van der Waals surface area contributed by atoms with E-state index in [0.717, 1.165) is 16.7 Å². The first-order chi connectivity index (χ1) is 19.3. The van der Waals surface area contributed by atoms with Crippen molar-refractivity contribution in [3.8, 4) is 0 Å². The zero-order valence-electron chi connectivity index (χ0n) is 21.9. The molecule has 0 bridgehead atoms. The summed E-state index contributed by atoms with van der Waals surface area (Å²) in [7, 11) is 0. The average Bonchev–Trinajstić information content (AvgIpc) is 2.99. The van der Waals surface area contributed by atoms with Crippen molar-refractivity contribution < 1.29 is 18.9 Å². The number of ether oxygens (including phenoxy) is 4. The van der Waals surface area contributed by atoms with Gasteiger partial charge in [0, 0.05) is 0 Å². The van der Waals surface area contributed by atoms with Gasteiger partial charge in [-0.1, -0.05) is 0 Å². The summed E-state index contributed by atoms with van der Waals surface area (Å²) in [6, 6.07) is 40.6. The molecule has 0 amide bonds. The van der Waals surface area contributed by atoms with E-state index in [0.29, 0.717) is 26.4 Å². The second-order valence-electron chi connectivity index (χ2n) is 9.57. The van der Waals surface area contributed by atoms with E-state index < -0.39 is 0 Å². The van der Waals surface area contributed by atoms with E-state index in [2.05, 4.69) is 60.7 Å². The van der Waals surface area contributed by atoms with Gasteiger partial charge < -0.3 is 0 Å². The topological polar surface area (TPSA) is 62.9 Å². The summed E-state index contributed by atoms with van der Waals surface area (Å²) in [6.45, 7) is 1.78. The molecule has 1 saturated heterocycles. The SMILES string of the molecule is N[C@H]1[C@@H](OCc2ccccc2)[C@H](OCc2ccccc2)[C@@H](COCc2ccccc2)O[C@@H]1[Se]c1ccccc1. The van der Waals surface area contributed by atoms with E-state index in [1.807, 2.05) is 60.7 Å². The first-order valence-electron chi connectivity index (χ1n) is 13.3. The second kappa shape index (κ2) is 14.5. The molecule has 0 aliphatic carbocycles. The molecule has 39 heavy (non-hydrogen) atoms. The van der Waals surface area contributed by atoms with Crippen molar-refractivity contribution in [1.29, 1.82) is 0 Å². The molecule has 1 aliphatic rings. The van der Waals surface area contributed by atoms with Gasteiger partial charge in [0.25, 0.3) is 0 Å². The minimum absolute atomic E-state index is 0.00286. The maximum atomic E-state index is 6.92. The van der Waals surface area contributed by atoms with Gasteiger partial charge in [-0.15, -0.1) is 0 Å². The fourth-order valence-corrected chi connectivity index (χ4v) is 6.90. The van der Waals surface area contributed by atoms with Gasteiger partial charge in [-0.2, -0.15) is 0 Å². The van der Waals surface area contributed by atoms with Crippen LogP contribution in [0.25, 0.3) is 0 Å². The van der Waals surface area contributed by atoms with E-state index in [4.69, 9.17) is 24.7 Å². The number of hydrogen-bond donors (Lipinski definition) is 1. The summed E-state index contributed by atoms with van der Waals surface area (Å²) in [6.07, 6.45) is -1.07. The minimum atomic E-state index is -0.387. The summed E-state index contributed by atoms with van der Waals surface area (Å²) in [4.78, 5) is 0. The maximum absolute atomic E-state index is 6.92. The first-order valence-corrected chi connectivity index (χ1v) is 15.2. The van der Waals surface area contributed by atoms with Crippen LogP contribution in [0.2, 0.25) is 0 Å². The molecule has 2 N–H and O–H groups in total. The molecule has 6 heteroatoms. The molecule has 0 radical (unpaired) electrons. The van der Waals surface area contributed by atoms with Crippen LogP contribution in [0, 0.1) is 0 Å². The Kier molecular flexibility index (Phi) is 10.4. The normalized spacial score (nSPS) is 22.9. The number of nitrogens with two attached hydrogens (primary N) is 1. The van der Waals surface area contributed by atoms with Crippen molar-refractivity contribution in [2.24, 2.45) is 5.73 Å². The van der Waals surface area contributed by atoms with Crippen molar-refractivity contribution in [3.05, 3.63) is 138 Å². The van der Waals surface area contributed by atoms with E-state index in [1.165, 1.54) is 4.46 Å². The third kappa shape index (κ3) is 8.10. The van der Waals surface area contributed by atoms with Crippen LogP contribution in [-0.2, 0) is 38.8 Å². The number of rotatable bonds is 12. The molecule has 5 atom stereocenters. The Morgan fingerprint density at radius 2 is 1.05 bits per heavy atom. The second-order valence-corrected chi connectivity index (χ2v) is 12.0. The predicted molar refractivity (Wildman–Crippen MR) is 155 cm³/mol. The van der Waals surface area contributed by atoms with E-state index in [1.54, 1.807) is 0 Å². The standard InChI is InChI=1S/C33H35NO4Se/c34-30-32(37-23-27-17-9-3-10-18-27)31(36-22-26-15-7-2-8-16-26)29(24-35-21-25-13-5-1-6-14-25)38-33(30)39-28-19-11-4-12-20-28/h1-20,29-33H,21-24,34H2/t29-,30+,31-,32-,33-/m1/s1. The Balaban J connectivity index is 1.37. The van der Waals surface area contributed by atoms with Gasteiger partial charge in [-0.05, 0) is 0 Å². The van der Waals surface area contributed by atoms with Crippen LogP contribution in [0.3, 0.4) is 0 Å². The average molecular weight is 589 g/mol. The van der Waals surface area contributed by atoms with Gasteiger partial charge in [0.05, 0.1) is 0 Å². The molecule has 0 saturated carbocycles. The van der Waals surface area contributed by atoms with Crippen LogP contribution in [0.1, 0.15) is 16.7 Å². The molecule has 202 valence electrons. The van der Waals surface area contributed by atoms with Crippen LogP contribution >= 0.6 is 0 Å². The van der Waals surface area contributed by atoms with E-state index >= 15 is 0 Å². The third-order valence-corrected chi connectivity index (χ3v) is 9.17. The first kappa shape index (κ1) is 27.8. The fourth-order valence-electron chi connectivity index (χ4n) is 4.61. The Bertz CT molecular complexity index is 1230. The summed E-state index contributed by atoms with van der Waals surface area (Å²) < 4.78 is 27.2. The van der Waals surface area contributed by atoms with Crippen LogP contribution < -0.4 is 10.2 Å². The van der Waals surface area contributed by atoms with Gasteiger partial charge >= 0.3 is 238 Å². The quantitative estimate of drug-likeness (QED) is 0.248. The molecule has 5 nitrogen and oxygen atoms in total. The van der Waals surface area contributed by atoms with Crippen molar-refractivity contribution >= 4 is 19.4 Å². The summed E-state index contributed by atoms with van der Waals surface area (Å²) >= 11 is -0.00286. The van der Waals surface area contributed by atoms with Crippen LogP contribution in [0.4, 0.5) is 0 Å². The Labute approximate surface area is 237 Å². The van der Waals surface area contributed by atoms with E-state index in [-0.39, 0.29) is 44.3 Å². The fraction of sp³-hybridized carbons (Fsp3) is 0.273. The van der Waals surface area contributed by atoms with Crippen LogP contribution in [0.15, 0.2) is 121 Å². The number of benzene rings is 4. The van der Waals surface area contributed by atoms with Crippen molar-refractivity contribution in [2.75, 3.05) is 6.61 Å². The molecular formula is C33H35NO4Se.